The Morgan fingerprint density at radius 2 is 0.533 bits per heavy atom. The molecule has 0 unspecified atom stereocenters. The minimum atomic E-state index is -1.82. The normalized spacial score (nSPS) is 2.93. The van der Waals surface area contributed by atoms with Crippen LogP contribution in [0.25, 0.3) is 0 Å². The Labute approximate surface area is 142 Å². The monoisotopic (exact) mass is 414 g/mol. The molecule has 0 aliphatic heterocycles. The summed E-state index contributed by atoms with van der Waals surface area (Å²) in [6.07, 6.45) is 0. The van der Waals surface area contributed by atoms with Crippen molar-refractivity contribution in [3.05, 3.63) is 0 Å². The van der Waals surface area contributed by atoms with E-state index in [1.165, 1.54) is 0 Å². The van der Waals surface area contributed by atoms with Gasteiger partial charge in [-0.1, -0.05) is 0 Å². The van der Waals surface area contributed by atoms with Crippen molar-refractivity contribution in [2.75, 3.05) is 0 Å². The minimum absolute atomic E-state index is 0. The maximum atomic E-state index is 9.10. The van der Waals surface area contributed by atoms with Gasteiger partial charge in [-0.05, 0) is 0 Å². The summed E-state index contributed by atoms with van der Waals surface area (Å²) in [7, 11) is 0. The van der Waals surface area contributed by atoms with Gasteiger partial charge >= 0.3 is 11.9 Å². The summed E-state index contributed by atoms with van der Waals surface area (Å²) in [5.41, 5.74) is 0. The van der Waals surface area contributed by atoms with E-state index in [9.17, 15) is 0 Å². The van der Waals surface area contributed by atoms with E-state index in [0.29, 0.717) is 0 Å². The molecule has 0 fully saturated rings. The van der Waals surface area contributed by atoms with Crippen molar-refractivity contribution >= 4 is 124 Å². The van der Waals surface area contributed by atoms with Gasteiger partial charge in [-0.25, -0.2) is 9.59 Å². The fourth-order valence-electron chi connectivity index (χ4n) is 0. The lowest BCUT2D eigenvalue weighted by Gasteiger charge is -1.72. The standard InChI is InChI=1S/C2H2O4.9ClH/c3-1(4)2(5)6;;;;;;;;;/h(H,3,4)(H,5,6);9*1H. The molecule has 0 saturated carbocycles. The Morgan fingerprint density at radius 3 is 0.533 bits per heavy atom. The molecule has 0 atom stereocenters. The molecule has 13 heteroatoms. The summed E-state index contributed by atoms with van der Waals surface area (Å²) in [6, 6.07) is 0. The molecule has 15 heavy (non-hydrogen) atoms. The Bertz CT molecular complexity index is 86.1. The number of hydrogen-bond donors (Lipinski definition) is 2. The average molecular weight is 418 g/mol. The Kier molecular flexibility index (Phi) is 359. The van der Waals surface area contributed by atoms with Crippen molar-refractivity contribution in [2.45, 2.75) is 0 Å². The molecule has 0 aromatic heterocycles. The lowest BCUT2D eigenvalue weighted by Crippen LogP contribution is -2.09. The number of carboxylic acids is 2. The zero-order chi connectivity index (χ0) is 5.15. The van der Waals surface area contributed by atoms with E-state index in [1.54, 1.807) is 0 Å². The molecule has 0 saturated heterocycles. The molecule has 0 aliphatic carbocycles. The van der Waals surface area contributed by atoms with Crippen molar-refractivity contribution in [1.29, 1.82) is 0 Å². The highest BCUT2D eigenvalue weighted by molar-refractivity contribution is 6.27. The molecule has 0 spiro atoms. The van der Waals surface area contributed by atoms with Crippen LogP contribution in [0.3, 0.4) is 0 Å². The number of halogens is 9. The topological polar surface area (TPSA) is 74.6 Å². The Balaban J connectivity index is -0.00000000347. The minimum Gasteiger partial charge on any atom is -0.473 e. The molecule has 106 valence electrons. The lowest BCUT2D eigenvalue weighted by molar-refractivity contribution is -0.159. The van der Waals surface area contributed by atoms with Crippen LogP contribution in [-0.4, -0.2) is 22.2 Å². The first-order chi connectivity index (χ1) is 2.64. The van der Waals surface area contributed by atoms with Gasteiger partial charge in [0.05, 0.1) is 0 Å². The van der Waals surface area contributed by atoms with Crippen LogP contribution >= 0.6 is 112 Å². The molecule has 4 nitrogen and oxygen atoms in total. The van der Waals surface area contributed by atoms with Gasteiger partial charge in [-0.3, -0.25) is 0 Å². The largest absolute Gasteiger partial charge is 0.473 e. The molecule has 0 aliphatic rings. The average Bonchev–Trinajstić information content (AvgIpc) is 1.36. The molecule has 0 amide bonds. The molecule has 0 bridgehead atoms. The van der Waals surface area contributed by atoms with Crippen molar-refractivity contribution in [1.82, 2.24) is 0 Å². The summed E-state index contributed by atoms with van der Waals surface area (Å²) in [6.45, 7) is 0. The molecular formula is C2H11Cl9O4. The number of carboxylic acid groups (broad SMARTS) is 2. The van der Waals surface area contributed by atoms with Gasteiger partial charge in [0.1, 0.15) is 0 Å². The second-order valence-electron chi connectivity index (χ2n) is 0.610. The third-order valence-electron chi connectivity index (χ3n) is 0.183. The first-order valence-electron chi connectivity index (χ1n) is 1.11. The van der Waals surface area contributed by atoms with Crippen LogP contribution in [0, 0.1) is 0 Å². The number of aliphatic carboxylic acids is 2. The Hall–Kier alpha value is 1.55. The van der Waals surface area contributed by atoms with Crippen LogP contribution < -0.4 is 0 Å². The lowest BCUT2D eigenvalue weighted by atomic mass is 10.7. The molecule has 0 aromatic carbocycles. The smallest absolute Gasteiger partial charge is 0.414 e. The Morgan fingerprint density at radius 1 is 0.467 bits per heavy atom. The van der Waals surface area contributed by atoms with Gasteiger partial charge in [-0.15, -0.1) is 112 Å². The molecule has 0 heterocycles. The number of rotatable bonds is 0. The summed E-state index contributed by atoms with van der Waals surface area (Å²) in [5, 5.41) is 14.8. The fraction of sp³-hybridized carbons (Fsp3) is 0. The SMILES string of the molecule is Cl.Cl.Cl.Cl.Cl.Cl.Cl.Cl.Cl.O=C(O)C(=O)O. The van der Waals surface area contributed by atoms with Crippen LogP contribution in [0.5, 0.6) is 0 Å². The second kappa shape index (κ2) is 57.8. The maximum Gasteiger partial charge on any atom is 0.414 e. The van der Waals surface area contributed by atoms with Gasteiger partial charge in [0.25, 0.3) is 0 Å². The first kappa shape index (κ1) is 93.3. The van der Waals surface area contributed by atoms with Gasteiger partial charge < -0.3 is 10.2 Å². The van der Waals surface area contributed by atoms with Crippen molar-refractivity contribution < 1.29 is 19.8 Å². The summed E-state index contributed by atoms with van der Waals surface area (Å²) in [4.78, 5) is 18.2. The fourth-order valence-corrected chi connectivity index (χ4v) is 0. The zero-order valence-electron chi connectivity index (χ0n) is 6.39. The van der Waals surface area contributed by atoms with E-state index in [1.807, 2.05) is 0 Å². The van der Waals surface area contributed by atoms with Crippen molar-refractivity contribution in [3.8, 4) is 0 Å². The summed E-state index contributed by atoms with van der Waals surface area (Å²) < 4.78 is 0. The highest BCUT2D eigenvalue weighted by Gasteiger charge is 2.04. The molecule has 0 radical (unpaired) electrons. The van der Waals surface area contributed by atoms with Gasteiger partial charge in [0.15, 0.2) is 0 Å². The van der Waals surface area contributed by atoms with Gasteiger partial charge in [0.2, 0.25) is 0 Å². The predicted molar refractivity (Wildman–Crippen MR) is 80.5 cm³/mol. The zero-order valence-corrected chi connectivity index (χ0v) is 13.7. The number of hydrogen-bond acceptors (Lipinski definition) is 2. The van der Waals surface area contributed by atoms with Crippen LogP contribution in [0.15, 0.2) is 0 Å². The molecule has 0 rings (SSSR count). The first-order valence-corrected chi connectivity index (χ1v) is 1.11. The van der Waals surface area contributed by atoms with E-state index < -0.39 is 11.9 Å². The molecular weight excluding hydrogens is 407 g/mol. The summed E-state index contributed by atoms with van der Waals surface area (Å²) in [5.74, 6) is -3.65. The quantitative estimate of drug-likeness (QED) is 0.594. The van der Waals surface area contributed by atoms with Gasteiger partial charge in [-0.2, -0.15) is 0 Å². The molecule has 2 N–H and O–H groups in total. The maximum absolute atomic E-state index is 9.10. The second-order valence-corrected chi connectivity index (χ2v) is 0.610. The van der Waals surface area contributed by atoms with Crippen molar-refractivity contribution in [2.24, 2.45) is 0 Å². The predicted octanol–water partition coefficient (Wildman–Crippen LogP) is 2.95. The number of carbonyl (C=O) groups is 2. The van der Waals surface area contributed by atoms with E-state index in [4.69, 9.17) is 19.8 Å². The van der Waals surface area contributed by atoms with E-state index >= 15 is 0 Å². The van der Waals surface area contributed by atoms with Crippen molar-refractivity contribution in [3.63, 3.8) is 0 Å². The van der Waals surface area contributed by atoms with Crippen LogP contribution in [-0.2, 0) is 9.59 Å². The van der Waals surface area contributed by atoms with E-state index in [0.717, 1.165) is 0 Å². The third kappa shape index (κ3) is 92.7. The highest BCUT2D eigenvalue weighted by Crippen LogP contribution is 1.56. The molecule has 0 aromatic rings. The highest BCUT2D eigenvalue weighted by atomic mass is 35.5. The van der Waals surface area contributed by atoms with Gasteiger partial charge in [0, 0.05) is 0 Å². The van der Waals surface area contributed by atoms with Crippen LogP contribution in [0.1, 0.15) is 0 Å². The van der Waals surface area contributed by atoms with E-state index in [-0.39, 0.29) is 112 Å². The van der Waals surface area contributed by atoms with Crippen LogP contribution in [0.2, 0.25) is 0 Å². The van der Waals surface area contributed by atoms with E-state index in [2.05, 4.69) is 0 Å². The third-order valence-corrected chi connectivity index (χ3v) is 0.183. The summed E-state index contributed by atoms with van der Waals surface area (Å²) >= 11 is 0. The van der Waals surface area contributed by atoms with Crippen LogP contribution in [0.4, 0.5) is 0 Å².